The Morgan fingerprint density at radius 2 is 1.63 bits per heavy atom. The number of benzene rings is 2. The molecular weight excluding hydrogens is 433 g/mol. The summed E-state index contributed by atoms with van der Waals surface area (Å²) in [4.78, 5) is 24.4. The van der Waals surface area contributed by atoms with Crippen molar-refractivity contribution in [3.05, 3.63) is 52.0 Å². The number of halogens is 2. The Balaban J connectivity index is 2.03. The maximum atomic E-state index is 12.2. The van der Waals surface area contributed by atoms with Crippen LogP contribution in [0.4, 0.5) is 5.69 Å². The lowest BCUT2D eigenvalue weighted by Crippen LogP contribution is -2.29. The molecule has 0 fully saturated rings. The second-order valence-corrected chi connectivity index (χ2v) is 6.83. The van der Waals surface area contributed by atoms with Gasteiger partial charge in [-0.1, -0.05) is 23.2 Å². The zero-order chi connectivity index (χ0) is 22.3. The molecule has 0 saturated heterocycles. The Labute approximate surface area is 184 Å². The van der Waals surface area contributed by atoms with Gasteiger partial charge in [-0.15, -0.1) is 0 Å². The third-order valence-corrected chi connectivity index (χ3v) is 4.50. The number of ether oxygens (including phenoxy) is 4. The first-order valence-corrected chi connectivity index (χ1v) is 9.49. The Morgan fingerprint density at radius 3 is 2.17 bits per heavy atom. The van der Waals surface area contributed by atoms with E-state index in [0.29, 0.717) is 33.5 Å². The monoisotopic (exact) mass is 453 g/mol. The van der Waals surface area contributed by atoms with E-state index in [1.54, 1.807) is 24.3 Å². The molecule has 0 spiro atoms. The lowest BCUT2D eigenvalue weighted by molar-refractivity contribution is -0.148. The van der Waals surface area contributed by atoms with E-state index < -0.39 is 18.0 Å². The number of amides is 1. The van der Waals surface area contributed by atoms with E-state index in [9.17, 15) is 9.59 Å². The van der Waals surface area contributed by atoms with Gasteiger partial charge in [0.05, 0.1) is 32.0 Å². The second-order valence-electron chi connectivity index (χ2n) is 5.98. The number of esters is 1. The maximum Gasteiger partial charge on any atom is 0.331 e. The number of anilines is 1. The summed E-state index contributed by atoms with van der Waals surface area (Å²) in [5.41, 5.74) is 0.980. The average molecular weight is 454 g/mol. The van der Waals surface area contributed by atoms with E-state index >= 15 is 0 Å². The Hall–Kier alpha value is -2.90. The molecule has 2 rings (SSSR count). The topological polar surface area (TPSA) is 83.1 Å². The lowest BCUT2D eigenvalue weighted by Gasteiger charge is -2.14. The van der Waals surface area contributed by atoms with Crippen molar-refractivity contribution >= 4 is 46.8 Å². The molecule has 1 unspecified atom stereocenters. The summed E-state index contributed by atoms with van der Waals surface area (Å²) in [6, 6.07) is 7.98. The first-order chi connectivity index (χ1) is 14.3. The van der Waals surface area contributed by atoms with Crippen LogP contribution in [0.5, 0.6) is 17.2 Å². The van der Waals surface area contributed by atoms with Gasteiger partial charge in [0.2, 0.25) is 5.75 Å². The van der Waals surface area contributed by atoms with Gasteiger partial charge in [0.15, 0.2) is 17.6 Å². The molecule has 0 bridgehead atoms. The molecule has 0 radical (unpaired) electrons. The van der Waals surface area contributed by atoms with Gasteiger partial charge in [0.1, 0.15) is 0 Å². The third kappa shape index (κ3) is 6.05. The molecule has 1 atom stereocenters. The van der Waals surface area contributed by atoms with Gasteiger partial charge in [-0.2, -0.15) is 0 Å². The minimum Gasteiger partial charge on any atom is -0.493 e. The highest BCUT2D eigenvalue weighted by molar-refractivity contribution is 6.36. The molecule has 0 heterocycles. The van der Waals surface area contributed by atoms with Gasteiger partial charge in [-0.05, 0) is 48.9 Å². The summed E-state index contributed by atoms with van der Waals surface area (Å²) >= 11 is 11.9. The molecule has 0 saturated carbocycles. The summed E-state index contributed by atoms with van der Waals surface area (Å²) in [6.07, 6.45) is 1.65. The van der Waals surface area contributed by atoms with Crippen molar-refractivity contribution in [1.29, 1.82) is 0 Å². The van der Waals surface area contributed by atoms with Crippen LogP contribution in [0.25, 0.3) is 6.08 Å². The van der Waals surface area contributed by atoms with Gasteiger partial charge in [-0.25, -0.2) is 4.79 Å². The summed E-state index contributed by atoms with van der Waals surface area (Å²) < 4.78 is 20.9. The standard InChI is InChI=1S/C21H21Cl2NO6/c1-12(21(26)24-16-7-6-14(22)11-15(16)23)30-19(25)8-5-13-9-17(27-2)20(29-4)18(10-13)28-3/h5-12H,1-4H3,(H,24,26)/b8-5+. The first kappa shape index (κ1) is 23.4. The van der Waals surface area contributed by atoms with Crippen molar-refractivity contribution in [2.75, 3.05) is 26.6 Å². The zero-order valence-electron chi connectivity index (χ0n) is 16.8. The summed E-state index contributed by atoms with van der Waals surface area (Å²) in [6.45, 7) is 1.45. The highest BCUT2D eigenvalue weighted by atomic mass is 35.5. The van der Waals surface area contributed by atoms with Crippen LogP contribution in [-0.2, 0) is 14.3 Å². The van der Waals surface area contributed by atoms with Crippen molar-refractivity contribution < 1.29 is 28.5 Å². The van der Waals surface area contributed by atoms with Crippen LogP contribution in [0, 0.1) is 0 Å². The van der Waals surface area contributed by atoms with Gasteiger partial charge in [0.25, 0.3) is 5.91 Å². The second kappa shape index (κ2) is 10.8. The highest BCUT2D eigenvalue weighted by Gasteiger charge is 2.18. The predicted molar refractivity (Wildman–Crippen MR) is 116 cm³/mol. The predicted octanol–water partition coefficient (Wildman–Crippen LogP) is 4.60. The van der Waals surface area contributed by atoms with Crippen LogP contribution < -0.4 is 19.5 Å². The maximum absolute atomic E-state index is 12.2. The molecule has 9 heteroatoms. The van der Waals surface area contributed by atoms with Crippen molar-refractivity contribution in [3.63, 3.8) is 0 Å². The molecule has 0 aliphatic heterocycles. The van der Waals surface area contributed by atoms with Crippen LogP contribution in [0.15, 0.2) is 36.4 Å². The molecule has 2 aromatic carbocycles. The fraction of sp³-hybridized carbons (Fsp3) is 0.238. The molecule has 30 heavy (non-hydrogen) atoms. The van der Waals surface area contributed by atoms with E-state index in [-0.39, 0.29) is 5.02 Å². The highest BCUT2D eigenvalue weighted by Crippen LogP contribution is 2.38. The average Bonchev–Trinajstić information content (AvgIpc) is 2.73. The number of rotatable bonds is 8. The number of nitrogens with one attached hydrogen (secondary N) is 1. The molecule has 0 aliphatic rings. The lowest BCUT2D eigenvalue weighted by atomic mass is 10.1. The summed E-state index contributed by atoms with van der Waals surface area (Å²) in [7, 11) is 4.48. The number of methoxy groups -OCH3 is 3. The van der Waals surface area contributed by atoms with Gasteiger partial charge in [-0.3, -0.25) is 4.79 Å². The van der Waals surface area contributed by atoms with Gasteiger partial charge in [0, 0.05) is 11.1 Å². The number of hydrogen-bond acceptors (Lipinski definition) is 6. The molecule has 0 aromatic heterocycles. The normalized spacial score (nSPS) is 11.7. The molecule has 2 aromatic rings. The molecule has 0 aliphatic carbocycles. The van der Waals surface area contributed by atoms with Crippen molar-refractivity contribution in [2.45, 2.75) is 13.0 Å². The number of hydrogen-bond donors (Lipinski definition) is 1. The van der Waals surface area contributed by atoms with Crippen LogP contribution in [0.1, 0.15) is 12.5 Å². The van der Waals surface area contributed by atoms with Gasteiger partial charge < -0.3 is 24.3 Å². The Bertz CT molecular complexity index is 936. The molecule has 160 valence electrons. The SMILES string of the molecule is COc1cc(/C=C/C(=O)OC(C)C(=O)Nc2ccc(Cl)cc2Cl)cc(OC)c1OC. The molecule has 7 nitrogen and oxygen atoms in total. The van der Waals surface area contributed by atoms with Crippen molar-refractivity contribution in [2.24, 2.45) is 0 Å². The van der Waals surface area contributed by atoms with Crippen molar-refractivity contribution in [3.8, 4) is 17.2 Å². The summed E-state index contributed by atoms with van der Waals surface area (Å²) in [5, 5.41) is 3.30. The van der Waals surface area contributed by atoms with Crippen LogP contribution in [-0.4, -0.2) is 39.3 Å². The van der Waals surface area contributed by atoms with Crippen LogP contribution in [0.2, 0.25) is 10.0 Å². The molecule has 1 N–H and O–H groups in total. The van der Waals surface area contributed by atoms with E-state index in [1.807, 2.05) is 0 Å². The Kier molecular flexibility index (Phi) is 8.38. The minimum absolute atomic E-state index is 0.275. The van der Waals surface area contributed by atoms with E-state index in [4.69, 9.17) is 42.1 Å². The number of carbonyl (C=O) groups is 2. The zero-order valence-corrected chi connectivity index (χ0v) is 18.3. The largest absolute Gasteiger partial charge is 0.493 e. The first-order valence-electron chi connectivity index (χ1n) is 8.73. The minimum atomic E-state index is -1.05. The fourth-order valence-corrected chi connectivity index (χ4v) is 2.91. The third-order valence-electron chi connectivity index (χ3n) is 3.95. The van der Waals surface area contributed by atoms with E-state index in [1.165, 1.54) is 46.5 Å². The number of carbonyl (C=O) groups excluding carboxylic acids is 2. The fourth-order valence-electron chi connectivity index (χ4n) is 2.45. The van der Waals surface area contributed by atoms with E-state index in [0.717, 1.165) is 0 Å². The Morgan fingerprint density at radius 1 is 1.00 bits per heavy atom. The molecule has 1 amide bonds. The summed E-state index contributed by atoms with van der Waals surface area (Å²) in [5.74, 6) is 0.0863. The van der Waals surface area contributed by atoms with Crippen LogP contribution >= 0.6 is 23.2 Å². The van der Waals surface area contributed by atoms with Gasteiger partial charge >= 0.3 is 5.97 Å². The van der Waals surface area contributed by atoms with Crippen molar-refractivity contribution in [1.82, 2.24) is 0 Å². The van der Waals surface area contributed by atoms with Crippen LogP contribution in [0.3, 0.4) is 0 Å². The van der Waals surface area contributed by atoms with E-state index in [2.05, 4.69) is 5.32 Å². The quantitative estimate of drug-likeness (QED) is 0.464. The smallest absolute Gasteiger partial charge is 0.331 e. The molecular formula is C21H21Cl2NO6.